The molecule has 34 heavy (non-hydrogen) atoms. The maximum Gasteiger partial charge on any atom is 0.277 e. The van der Waals surface area contributed by atoms with Gasteiger partial charge in [0.25, 0.3) is 11.1 Å². The molecule has 172 valence electrons. The van der Waals surface area contributed by atoms with Crippen LogP contribution in [0.1, 0.15) is 40.5 Å². The van der Waals surface area contributed by atoms with E-state index in [1.54, 1.807) is 6.26 Å². The zero-order valence-corrected chi connectivity index (χ0v) is 20.0. The summed E-state index contributed by atoms with van der Waals surface area (Å²) in [4.78, 5) is 13.2. The number of aryl methyl sites for hydroxylation is 3. The Morgan fingerprint density at radius 1 is 1.00 bits per heavy atom. The molecule has 0 spiro atoms. The molecule has 7 nitrogen and oxygen atoms in total. The third-order valence-corrected chi connectivity index (χ3v) is 6.42. The largest absolute Gasteiger partial charge is 0.467 e. The van der Waals surface area contributed by atoms with E-state index in [0.29, 0.717) is 23.3 Å². The summed E-state index contributed by atoms with van der Waals surface area (Å²) in [5, 5.41) is 14.8. The SMILES string of the molecule is Cc1ccc(C2=NN(C(=O)CSc3nnc(-c4cc(C)cc(C)c4)o3)C(c3ccco3)C2)cc1. The van der Waals surface area contributed by atoms with Crippen LogP contribution >= 0.6 is 11.8 Å². The van der Waals surface area contributed by atoms with Gasteiger partial charge in [0.2, 0.25) is 5.89 Å². The maximum atomic E-state index is 13.2. The van der Waals surface area contributed by atoms with E-state index in [2.05, 4.69) is 21.4 Å². The quantitative estimate of drug-likeness (QED) is 0.334. The lowest BCUT2D eigenvalue weighted by Gasteiger charge is -2.19. The zero-order chi connectivity index (χ0) is 23.7. The number of hydrogen-bond donors (Lipinski definition) is 0. The molecule has 4 aromatic rings. The lowest BCUT2D eigenvalue weighted by molar-refractivity contribution is -0.130. The fourth-order valence-electron chi connectivity index (χ4n) is 4.04. The Morgan fingerprint density at radius 3 is 2.47 bits per heavy atom. The highest BCUT2D eigenvalue weighted by Crippen LogP contribution is 2.34. The third kappa shape index (κ3) is 4.68. The number of aromatic nitrogens is 2. The van der Waals surface area contributed by atoms with Gasteiger partial charge in [-0.05, 0) is 50.6 Å². The van der Waals surface area contributed by atoms with Crippen LogP contribution in [0.3, 0.4) is 0 Å². The van der Waals surface area contributed by atoms with E-state index in [4.69, 9.17) is 8.83 Å². The molecule has 0 radical (unpaired) electrons. The molecular formula is C26H24N4O3S. The van der Waals surface area contributed by atoms with Crippen LogP contribution in [-0.2, 0) is 4.79 Å². The van der Waals surface area contributed by atoms with E-state index in [1.165, 1.54) is 22.3 Å². The molecule has 2 aromatic carbocycles. The number of benzene rings is 2. The monoisotopic (exact) mass is 472 g/mol. The molecular weight excluding hydrogens is 448 g/mol. The second kappa shape index (κ2) is 9.30. The Bertz CT molecular complexity index is 1320. The topological polar surface area (TPSA) is 84.7 Å². The number of carbonyl (C=O) groups is 1. The number of rotatable bonds is 6. The van der Waals surface area contributed by atoms with Crippen LogP contribution in [0.25, 0.3) is 11.5 Å². The van der Waals surface area contributed by atoms with Crippen molar-refractivity contribution in [2.24, 2.45) is 5.10 Å². The molecule has 0 N–H and O–H groups in total. The van der Waals surface area contributed by atoms with Gasteiger partial charge in [-0.25, -0.2) is 5.01 Å². The second-order valence-electron chi connectivity index (χ2n) is 8.42. The van der Waals surface area contributed by atoms with E-state index < -0.39 is 0 Å². The number of thioether (sulfide) groups is 1. The minimum Gasteiger partial charge on any atom is -0.467 e. The molecule has 0 bridgehead atoms. The first-order chi connectivity index (χ1) is 16.5. The van der Waals surface area contributed by atoms with Crippen molar-refractivity contribution in [3.05, 3.63) is 88.9 Å². The van der Waals surface area contributed by atoms with E-state index in [9.17, 15) is 4.79 Å². The highest BCUT2D eigenvalue weighted by Gasteiger charge is 2.35. The van der Waals surface area contributed by atoms with E-state index in [-0.39, 0.29) is 17.7 Å². The highest BCUT2D eigenvalue weighted by atomic mass is 32.2. The molecule has 5 rings (SSSR count). The Morgan fingerprint density at radius 2 is 1.76 bits per heavy atom. The van der Waals surface area contributed by atoms with Crippen molar-refractivity contribution >= 4 is 23.4 Å². The van der Waals surface area contributed by atoms with Crippen molar-refractivity contribution in [2.75, 3.05) is 5.75 Å². The summed E-state index contributed by atoms with van der Waals surface area (Å²) in [6, 6.07) is 17.7. The number of hydrogen-bond acceptors (Lipinski definition) is 7. The Balaban J connectivity index is 1.32. The van der Waals surface area contributed by atoms with Gasteiger partial charge in [0, 0.05) is 12.0 Å². The maximum absolute atomic E-state index is 13.2. The van der Waals surface area contributed by atoms with Gasteiger partial charge >= 0.3 is 0 Å². The summed E-state index contributed by atoms with van der Waals surface area (Å²) in [5.41, 5.74) is 6.15. The molecule has 0 saturated carbocycles. The zero-order valence-electron chi connectivity index (χ0n) is 19.2. The number of furan rings is 1. The van der Waals surface area contributed by atoms with Gasteiger partial charge in [-0.2, -0.15) is 5.10 Å². The normalized spacial score (nSPS) is 15.6. The van der Waals surface area contributed by atoms with Crippen LogP contribution in [0, 0.1) is 20.8 Å². The summed E-state index contributed by atoms with van der Waals surface area (Å²) in [6.45, 7) is 6.10. The fraction of sp³-hybridized carbons (Fsp3) is 0.231. The van der Waals surface area contributed by atoms with Crippen LogP contribution in [0.2, 0.25) is 0 Å². The van der Waals surface area contributed by atoms with E-state index in [0.717, 1.165) is 28.0 Å². The van der Waals surface area contributed by atoms with Gasteiger partial charge < -0.3 is 8.83 Å². The molecule has 0 fully saturated rings. The molecule has 0 saturated heterocycles. The molecule has 0 aliphatic carbocycles. The average Bonchev–Trinajstić information content (AvgIpc) is 3.58. The minimum atomic E-state index is -0.284. The van der Waals surface area contributed by atoms with Crippen LogP contribution in [-0.4, -0.2) is 32.6 Å². The molecule has 1 amide bonds. The van der Waals surface area contributed by atoms with E-state index in [1.807, 2.05) is 69.3 Å². The lowest BCUT2D eigenvalue weighted by atomic mass is 10.0. The average molecular weight is 473 g/mol. The fourth-order valence-corrected chi connectivity index (χ4v) is 4.65. The predicted octanol–water partition coefficient (Wildman–Crippen LogP) is 5.72. The number of hydrazone groups is 1. The van der Waals surface area contributed by atoms with Gasteiger partial charge in [0.1, 0.15) is 11.8 Å². The summed E-state index contributed by atoms with van der Waals surface area (Å²) in [5.74, 6) is 1.12. The molecule has 1 atom stereocenters. The summed E-state index contributed by atoms with van der Waals surface area (Å²) in [7, 11) is 0. The van der Waals surface area contributed by atoms with Crippen LogP contribution in [0.4, 0.5) is 0 Å². The van der Waals surface area contributed by atoms with Crippen molar-refractivity contribution < 1.29 is 13.6 Å². The Kier molecular flexibility index (Phi) is 6.06. The lowest BCUT2D eigenvalue weighted by Crippen LogP contribution is -2.28. The molecule has 3 heterocycles. The van der Waals surface area contributed by atoms with Gasteiger partial charge in [-0.15, -0.1) is 10.2 Å². The second-order valence-corrected chi connectivity index (χ2v) is 9.35. The molecule has 1 aliphatic rings. The molecule has 2 aromatic heterocycles. The van der Waals surface area contributed by atoms with Crippen LogP contribution in [0.15, 0.2) is 80.0 Å². The molecule has 8 heteroatoms. The van der Waals surface area contributed by atoms with E-state index >= 15 is 0 Å². The summed E-state index contributed by atoms with van der Waals surface area (Å²) >= 11 is 1.21. The van der Waals surface area contributed by atoms with Gasteiger partial charge in [0.15, 0.2) is 0 Å². The first kappa shape index (κ1) is 22.2. The van der Waals surface area contributed by atoms with Crippen molar-refractivity contribution in [3.63, 3.8) is 0 Å². The first-order valence-electron chi connectivity index (χ1n) is 11.0. The summed E-state index contributed by atoms with van der Waals surface area (Å²) in [6.07, 6.45) is 2.20. The van der Waals surface area contributed by atoms with Crippen LogP contribution in [0.5, 0.6) is 0 Å². The van der Waals surface area contributed by atoms with Gasteiger partial charge in [0.05, 0.1) is 17.7 Å². The molecule has 1 unspecified atom stereocenters. The smallest absolute Gasteiger partial charge is 0.277 e. The highest BCUT2D eigenvalue weighted by molar-refractivity contribution is 7.99. The number of nitrogens with zero attached hydrogens (tertiary/aromatic N) is 4. The Hall–Kier alpha value is -3.65. The van der Waals surface area contributed by atoms with Gasteiger partial charge in [-0.1, -0.05) is 58.8 Å². The predicted molar refractivity (Wildman–Crippen MR) is 131 cm³/mol. The van der Waals surface area contributed by atoms with Crippen molar-refractivity contribution in [1.29, 1.82) is 0 Å². The minimum absolute atomic E-state index is 0.121. The first-order valence-corrected chi connectivity index (χ1v) is 12.0. The Labute approximate surface area is 201 Å². The number of carbonyl (C=O) groups excluding carboxylic acids is 1. The summed E-state index contributed by atoms with van der Waals surface area (Å²) < 4.78 is 11.4. The third-order valence-electron chi connectivity index (χ3n) is 5.62. The van der Waals surface area contributed by atoms with Gasteiger partial charge in [-0.3, -0.25) is 4.79 Å². The van der Waals surface area contributed by atoms with Crippen molar-refractivity contribution in [3.8, 4) is 11.5 Å². The van der Waals surface area contributed by atoms with Crippen molar-refractivity contribution in [2.45, 2.75) is 38.5 Å². The van der Waals surface area contributed by atoms with Crippen molar-refractivity contribution in [1.82, 2.24) is 15.2 Å². The number of amides is 1. The standard InChI is InChI=1S/C26H24N4O3S/c1-16-6-8-19(9-7-16)21-14-22(23-5-4-10-32-23)30(29-21)24(31)15-34-26-28-27-25(33-26)20-12-17(2)11-18(3)13-20/h4-13,22H,14-15H2,1-3H3. The van der Waals surface area contributed by atoms with Crippen LogP contribution < -0.4 is 0 Å². The molecule has 1 aliphatic heterocycles.